The van der Waals surface area contributed by atoms with Gasteiger partial charge in [-0.2, -0.15) is 4.98 Å². The summed E-state index contributed by atoms with van der Waals surface area (Å²) in [6.07, 6.45) is 0. The van der Waals surface area contributed by atoms with E-state index in [9.17, 15) is 0 Å². The molecule has 1 aromatic heterocycles. The third-order valence-electron chi connectivity index (χ3n) is 2.32. The standard InChI is InChI=1S/C9H13IN4O/c1-6-7(10)8(11)13-9(12-6)14-2-4-15-5-3-14/h2-5H2,1H3,(H2,11,12,13). The Morgan fingerprint density at radius 1 is 1.33 bits per heavy atom. The fourth-order valence-corrected chi connectivity index (χ4v) is 1.71. The molecule has 0 atom stereocenters. The normalized spacial score (nSPS) is 16.8. The topological polar surface area (TPSA) is 64.3 Å². The van der Waals surface area contributed by atoms with Gasteiger partial charge in [0, 0.05) is 13.1 Å². The average Bonchev–Trinajstić information content (AvgIpc) is 2.26. The van der Waals surface area contributed by atoms with Gasteiger partial charge in [-0.1, -0.05) is 0 Å². The SMILES string of the molecule is Cc1nc(N2CCOCC2)nc(N)c1I. The lowest BCUT2D eigenvalue weighted by Crippen LogP contribution is -2.37. The molecule has 1 aromatic rings. The van der Waals surface area contributed by atoms with Gasteiger partial charge in [0.15, 0.2) is 0 Å². The molecule has 0 unspecified atom stereocenters. The Balaban J connectivity index is 2.27. The molecule has 1 aliphatic heterocycles. The number of rotatable bonds is 1. The Labute approximate surface area is 102 Å². The van der Waals surface area contributed by atoms with Gasteiger partial charge in [0.05, 0.1) is 22.5 Å². The quantitative estimate of drug-likeness (QED) is 0.776. The van der Waals surface area contributed by atoms with Crippen molar-refractivity contribution >= 4 is 34.4 Å². The predicted molar refractivity (Wildman–Crippen MR) is 66.9 cm³/mol. The fourth-order valence-electron chi connectivity index (χ4n) is 1.47. The summed E-state index contributed by atoms with van der Waals surface area (Å²) in [5.41, 5.74) is 6.75. The summed E-state index contributed by atoms with van der Waals surface area (Å²) in [4.78, 5) is 10.8. The van der Waals surface area contributed by atoms with Gasteiger partial charge in [0.2, 0.25) is 5.95 Å². The van der Waals surface area contributed by atoms with Crippen LogP contribution >= 0.6 is 22.6 Å². The Morgan fingerprint density at radius 3 is 2.60 bits per heavy atom. The van der Waals surface area contributed by atoms with Crippen LogP contribution in [0.5, 0.6) is 0 Å². The highest BCUT2D eigenvalue weighted by Crippen LogP contribution is 2.19. The van der Waals surface area contributed by atoms with Crippen molar-refractivity contribution in [1.29, 1.82) is 0 Å². The van der Waals surface area contributed by atoms with Crippen LogP contribution in [0.1, 0.15) is 5.69 Å². The van der Waals surface area contributed by atoms with Crippen LogP contribution in [0.15, 0.2) is 0 Å². The van der Waals surface area contributed by atoms with E-state index in [-0.39, 0.29) is 0 Å². The summed E-state index contributed by atoms with van der Waals surface area (Å²) in [5.74, 6) is 1.28. The molecule has 2 N–H and O–H groups in total. The van der Waals surface area contributed by atoms with Crippen LogP contribution in [0.2, 0.25) is 0 Å². The number of hydrogen-bond donors (Lipinski definition) is 1. The molecule has 82 valence electrons. The number of anilines is 2. The molecule has 1 fully saturated rings. The summed E-state index contributed by atoms with van der Waals surface area (Å²) in [7, 11) is 0. The molecule has 0 aliphatic carbocycles. The minimum absolute atomic E-state index is 0.560. The maximum Gasteiger partial charge on any atom is 0.227 e. The molecule has 0 saturated carbocycles. The molecule has 1 aliphatic rings. The molecule has 1 saturated heterocycles. The highest BCUT2D eigenvalue weighted by atomic mass is 127. The van der Waals surface area contributed by atoms with E-state index >= 15 is 0 Å². The van der Waals surface area contributed by atoms with Gasteiger partial charge < -0.3 is 15.4 Å². The first-order valence-electron chi connectivity index (χ1n) is 4.81. The third-order valence-corrected chi connectivity index (χ3v) is 3.66. The van der Waals surface area contributed by atoms with Crippen molar-refractivity contribution in [3.05, 3.63) is 9.26 Å². The van der Waals surface area contributed by atoms with Crippen LogP contribution in [0.4, 0.5) is 11.8 Å². The van der Waals surface area contributed by atoms with Crippen molar-refractivity contribution < 1.29 is 4.74 Å². The molecular formula is C9H13IN4O. The van der Waals surface area contributed by atoms with Crippen molar-refractivity contribution in [2.75, 3.05) is 36.9 Å². The number of aryl methyl sites for hydroxylation is 1. The minimum atomic E-state index is 0.560. The lowest BCUT2D eigenvalue weighted by Gasteiger charge is -2.27. The Hall–Kier alpha value is -0.630. The Kier molecular flexibility index (Phi) is 3.25. The van der Waals surface area contributed by atoms with E-state index in [1.54, 1.807) is 0 Å². The summed E-state index contributed by atoms with van der Waals surface area (Å²) < 4.78 is 6.21. The number of nitrogens with zero attached hydrogens (tertiary/aromatic N) is 3. The number of nitrogens with two attached hydrogens (primary N) is 1. The van der Waals surface area contributed by atoms with E-state index in [4.69, 9.17) is 10.5 Å². The molecular weight excluding hydrogens is 307 g/mol. The molecule has 15 heavy (non-hydrogen) atoms. The third kappa shape index (κ3) is 2.31. The van der Waals surface area contributed by atoms with Gasteiger partial charge in [-0.25, -0.2) is 4.98 Å². The van der Waals surface area contributed by atoms with Crippen molar-refractivity contribution in [3.63, 3.8) is 0 Å². The zero-order chi connectivity index (χ0) is 10.8. The minimum Gasteiger partial charge on any atom is -0.383 e. The highest BCUT2D eigenvalue weighted by Gasteiger charge is 2.15. The van der Waals surface area contributed by atoms with E-state index in [1.165, 1.54) is 0 Å². The number of morpholine rings is 1. The number of hydrogen-bond acceptors (Lipinski definition) is 5. The monoisotopic (exact) mass is 320 g/mol. The first-order valence-corrected chi connectivity index (χ1v) is 5.88. The number of nitrogen functional groups attached to an aromatic ring is 1. The first-order chi connectivity index (χ1) is 7.18. The van der Waals surface area contributed by atoms with E-state index < -0.39 is 0 Å². The molecule has 2 rings (SSSR count). The number of aromatic nitrogens is 2. The zero-order valence-electron chi connectivity index (χ0n) is 8.53. The average molecular weight is 320 g/mol. The summed E-state index contributed by atoms with van der Waals surface area (Å²) in [6, 6.07) is 0. The predicted octanol–water partition coefficient (Wildman–Crippen LogP) is 0.808. The molecule has 0 amide bonds. The van der Waals surface area contributed by atoms with Crippen LogP contribution in [-0.2, 0) is 4.74 Å². The molecule has 2 heterocycles. The van der Waals surface area contributed by atoms with Crippen LogP contribution in [-0.4, -0.2) is 36.3 Å². The second-order valence-electron chi connectivity index (χ2n) is 3.41. The zero-order valence-corrected chi connectivity index (χ0v) is 10.7. The van der Waals surface area contributed by atoms with E-state index in [0.717, 1.165) is 35.6 Å². The van der Waals surface area contributed by atoms with Crippen LogP contribution < -0.4 is 10.6 Å². The van der Waals surface area contributed by atoms with Gasteiger partial charge in [0.1, 0.15) is 5.82 Å². The number of halogens is 1. The van der Waals surface area contributed by atoms with Gasteiger partial charge in [0.25, 0.3) is 0 Å². The smallest absolute Gasteiger partial charge is 0.227 e. The van der Waals surface area contributed by atoms with Crippen LogP contribution in [0, 0.1) is 10.5 Å². The van der Waals surface area contributed by atoms with Crippen LogP contribution in [0.3, 0.4) is 0 Å². The summed E-state index contributed by atoms with van der Waals surface area (Å²) in [5, 5.41) is 0. The van der Waals surface area contributed by atoms with Gasteiger partial charge in [-0.15, -0.1) is 0 Å². The maximum atomic E-state index is 5.81. The van der Waals surface area contributed by atoms with Crippen molar-refractivity contribution in [2.45, 2.75) is 6.92 Å². The summed E-state index contributed by atoms with van der Waals surface area (Å²) in [6.45, 7) is 5.07. The Bertz CT molecular complexity index is 342. The second-order valence-corrected chi connectivity index (χ2v) is 4.49. The first kappa shape index (κ1) is 10.9. The molecule has 5 nitrogen and oxygen atoms in total. The van der Waals surface area contributed by atoms with Gasteiger partial charge in [-0.05, 0) is 29.5 Å². The lowest BCUT2D eigenvalue weighted by atomic mass is 10.4. The summed E-state index contributed by atoms with van der Waals surface area (Å²) >= 11 is 2.16. The largest absolute Gasteiger partial charge is 0.383 e. The van der Waals surface area contributed by atoms with Gasteiger partial charge >= 0.3 is 0 Å². The van der Waals surface area contributed by atoms with Gasteiger partial charge in [-0.3, -0.25) is 0 Å². The van der Waals surface area contributed by atoms with E-state index in [0.29, 0.717) is 11.8 Å². The second kappa shape index (κ2) is 4.48. The molecule has 0 bridgehead atoms. The van der Waals surface area contributed by atoms with Crippen molar-refractivity contribution in [1.82, 2.24) is 9.97 Å². The number of ether oxygens (including phenoxy) is 1. The van der Waals surface area contributed by atoms with Crippen molar-refractivity contribution in [2.24, 2.45) is 0 Å². The molecule has 0 spiro atoms. The lowest BCUT2D eigenvalue weighted by molar-refractivity contribution is 0.122. The van der Waals surface area contributed by atoms with E-state index in [2.05, 4.69) is 37.5 Å². The van der Waals surface area contributed by atoms with Crippen LogP contribution in [0.25, 0.3) is 0 Å². The van der Waals surface area contributed by atoms with Crippen molar-refractivity contribution in [3.8, 4) is 0 Å². The molecule has 0 radical (unpaired) electrons. The highest BCUT2D eigenvalue weighted by molar-refractivity contribution is 14.1. The fraction of sp³-hybridized carbons (Fsp3) is 0.556. The molecule has 0 aromatic carbocycles. The molecule has 6 heteroatoms. The Morgan fingerprint density at radius 2 is 2.00 bits per heavy atom. The van der Waals surface area contributed by atoms with E-state index in [1.807, 2.05) is 6.92 Å². The maximum absolute atomic E-state index is 5.81.